The zero-order chi connectivity index (χ0) is 14.0. The first-order valence-electron chi connectivity index (χ1n) is 5.56. The molecule has 0 atom stereocenters. The maximum absolute atomic E-state index is 12.0. The number of carbonyl (C=O) groups is 1. The van der Waals surface area contributed by atoms with Gasteiger partial charge in [-0.1, -0.05) is 11.6 Å². The van der Waals surface area contributed by atoms with E-state index in [0.29, 0.717) is 11.3 Å². The summed E-state index contributed by atoms with van der Waals surface area (Å²) < 4.78 is 0. The standard InChI is InChI=1S/C13H12ClN3O2/c1-7-4-11(18)8(2)3-9(7)17-13(19)10-5-16-12(14)6-15-10/h3-6,18H,1-2H3,(H,17,19). The van der Waals surface area contributed by atoms with Crippen LogP contribution >= 0.6 is 11.6 Å². The van der Waals surface area contributed by atoms with Gasteiger partial charge in [0.25, 0.3) is 5.91 Å². The average Bonchev–Trinajstić information content (AvgIpc) is 2.36. The molecule has 0 saturated carbocycles. The highest BCUT2D eigenvalue weighted by Gasteiger charge is 2.11. The highest BCUT2D eigenvalue weighted by Crippen LogP contribution is 2.25. The Hall–Kier alpha value is -2.14. The van der Waals surface area contributed by atoms with Crippen LogP contribution in [0.1, 0.15) is 21.6 Å². The molecule has 1 aromatic heterocycles. The van der Waals surface area contributed by atoms with E-state index in [0.717, 1.165) is 5.56 Å². The van der Waals surface area contributed by atoms with E-state index in [1.807, 2.05) is 0 Å². The number of aromatic nitrogens is 2. The number of hydrogen-bond donors (Lipinski definition) is 2. The number of aryl methyl sites for hydroxylation is 2. The third-order valence-corrected chi connectivity index (χ3v) is 2.84. The first-order valence-corrected chi connectivity index (χ1v) is 5.94. The van der Waals surface area contributed by atoms with Crippen LogP contribution in [0.2, 0.25) is 5.15 Å². The van der Waals surface area contributed by atoms with Crippen molar-refractivity contribution in [3.63, 3.8) is 0 Å². The van der Waals surface area contributed by atoms with Crippen LogP contribution in [0.3, 0.4) is 0 Å². The van der Waals surface area contributed by atoms with Gasteiger partial charge in [0.05, 0.1) is 12.4 Å². The molecule has 1 heterocycles. The zero-order valence-corrected chi connectivity index (χ0v) is 11.2. The number of phenolic OH excluding ortho intramolecular Hbond substituents is 1. The molecule has 0 aliphatic carbocycles. The van der Waals surface area contributed by atoms with Crippen molar-refractivity contribution in [1.82, 2.24) is 9.97 Å². The number of anilines is 1. The predicted molar refractivity (Wildman–Crippen MR) is 72.6 cm³/mol. The van der Waals surface area contributed by atoms with E-state index in [2.05, 4.69) is 15.3 Å². The SMILES string of the molecule is Cc1cc(NC(=O)c2cnc(Cl)cn2)c(C)cc1O. The molecule has 19 heavy (non-hydrogen) atoms. The van der Waals surface area contributed by atoms with Gasteiger partial charge in [-0.15, -0.1) is 0 Å². The van der Waals surface area contributed by atoms with Gasteiger partial charge in [-0.2, -0.15) is 0 Å². The first-order chi connectivity index (χ1) is 8.97. The summed E-state index contributed by atoms with van der Waals surface area (Å²) in [6.45, 7) is 3.55. The Bertz CT molecular complexity index is 627. The van der Waals surface area contributed by atoms with E-state index in [9.17, 15) is 9.90 Å². The number of halogens is 1. The van der Waals surface area contributed by atoms with Crippen molar-refractivity contribution in [3.05, 3.63) is 46.5 Å². The lowest BCUT2D eigenvalue weighted by Crippen LogP contribution is -2.14. The number of aromatic hydroxyl groups is 1. The van der Waals surface area contributed by atoms with Gasteiger partial charge in [0.1, 0.15) is 16.6 Å². The Morgan fingerprint density at radius 1 is 1.21 bits per heavy atom. The second kappa shape index (κ2) is 5.24. The molecule has 2 aromatic rings. The van der Waals surface area contributed by atoms with Crippen LogP contribution in [0.25, 0.3) is 0 Å². The zero-order valence-electron chi connectivity index (χ0n) is 10.4. The Morgan fingerprint density at radius 3 is 2.58 bits per heavy atom. The summed E-state index contributed by atoms with van der Waals surface area (Å²) in [5.41, 5.74) is 2.24. The number of nitrogens with zero attached hydrogens (tertiary/aromatic N) is 2. The predicted octanol–water partition coefficient (Wildman–Crippen LogP) is 2.70. The molecule has 1 aromatic carbocycles. The molecule has 0 radical (unpaired) electrons. The van der Waals surface area contributed by atoms with Crippen LogP contribution in [0.15, 0.2) is 24.5 Å². The van der Waals surface area contributed by atoms with Crippen LogP contribution in [-0.2, 0) is 0 Å². The molecule has 1 amide bonds. The van der Waals surface area contributed by atoms with Crippen molar-refractivity contribution >= 4 is 23.2 Å². The van der Waals surface area contributed by atoms with E-state index in [-0.39, 0.29) is 22.5 Å². The average molecular weight is 278 g/mol. The third-order valence-electron chi connectivity index (χ3n) is 2.64. The number of amides is 1. The lowest BCUT2D eigenvalue weighted by Gasteiger charge is -2.10. The molecule has 0 aliphatic rings. The minimum atomic E-state index is -0.377. The molecule has 0 spiro atoms. The summed E-state index contributed by atoms with van der Waals surface area (Å²) in [5, 5.41) is 12.5. The highest BCUT2D eigenvalue weighted by molar-refractivity contribution is 6.29. The van der Waals surface area contributed by atoms with Crippen LogP contribution in [0, 0.1) is 13.8 Å². The largest absolute Gasteiger partial charge is 0.508 e. The van der Waals surface area contributed by atoms with E-state index in [4.69, 9.17) is 11.6 Å². The highest BCUT2D eigenvalue weighted by atomic mass is 35.5. The molecule has 98 valence electrons. The van der Waals surface area contributed by atoms with Crippen molar-refractivity contribution < 1.29 is 9.90 Å². The van der Waals surface area contributed by atoms with Gasteiger partial charge in [0, 0.05) is 5.69 Å². The van der Waals surface area contributed by atoms with E-state index in [1.165, 1.54) is 12.4 Å². The Kier molecular flexibility index (Phi) is 3.66. The lowest BCUT2D eigenvalue weighted by atomic mass is 10.1. The monoisotopic (exact) mass is 277 g/mol. The van der Waals surface area contributed by atoms with Gasteiger partial charge in [-0.3, -0.25) is 4.79 Å². The van der Waals surface area contributed by atoms with E-state index in [1.54, 1.807) is 26.0 Å². The minimum Gasteiger partial charge on any atom is -0.508 e. The topological polar surface area (TPSA) is 75.1 Å². The van der Waals surface area contributed by atoms with Gasteiger partial charge >= 0.3 is 0 Å². The maximum atomic E-state index is 12.0. The number of carbonyl (C=O) groups excluding carboxylic acids is 1. The minimum absolute atomic E-state index is 0.175. The number of hydrogen-bond acceptors (Lipinski definition) is 4. The molecule has 0 unspecified atom stereocenters. The molecule has 0 fully saturated rings. The fourth-order valence-corrected chi connectivity index (χ4v) is 1.65. The molecule has 6 heteroatoms. The van der Waals surface area contributed by atoms with Crippen molar-refractivity contribution in [2.75, 3.05) is 5.32 Å². The Morgan fingerprint density at radius 2 is 1.95 bits per heavy atom. The van der Waals surface area contributed by atoms with E-state index < -0.39 is 0 Å². The summed E-state index contributed by atoms with van der Waals surface area (Å²) in [6, 6.07) is 3.30. The lowest BCUT2D eigenvalue weighted by molar-refractivity contribution is 0.102. The van der Waals surface area contributed by atoms with Gasteiger partial charge in [-0.05, 0) is 37.1 Å². The fraction of sp³-hybridized carbons (Fsp3) is 0.154. The molecule has 0 bridgehead atoms. The molecular weight excluding hydrogens is 266 g/mol. The molecule has 0 aliphatic heterocycles. The van der Waals surface area contributed by atoms with E-state index >= 15 is 0 Å². The van der Waals surface area contributed by atoms with Crippen molar-refractivity contribution in [1.29, 1.82) is 0 Å². The quantitative estimate of drug-likeness (QED) is 0.828. The van der Waals surface area contributed by atoms with Crippen molar-refractivity contribution in [2.24, 2.45) is 0 Å². The van der Waals surface area contributed by atoms with Gasteiger partial charge < -0.3 is 10.4 Å². The van der Waals surface area contributed by atoms with Crippen LogP contribution < -0.4 is 5.32 Å². The van der Waals surface area contributed by atoms with Crippen molar-refractivity contribution in [3.8, 4) is 5.75 Å². The summed E-state index contributed by atoms with van der Waals surface area (Å²) in [5.74, 6) is -0.181. The molecule has 2 rings (SSSR count). The van der Waals surface area contributed by atoms with Gasteiger partial charge in [-0.25, -0.2) is 9.97 Å². The first kappa shape index (κ1) is 13.3. The Labute approximate surface area is 115 Å². The van der Waals surface area contributed by atoms with Crippen LogP contribution in [0.5, 0.6) is 5.75 Å². The fourth-order valence-electron chi connectivity index (χ4n) is 1.55. The molecular formula is C13H12ClN3O2. The number of benzene rings is 1. The summed E-state index contributed by atoms with van der Waals surface area (Å²) in [4.78, 5) is 19.6. The number of phenols is 1. The maximum Gasteiger partial charge on any atom is 0.275 e. The normalized spacial score (nSPS) is 10.3. The second-order valence-electron chi connectivity index (χ2n) is 4.13. The second-order valence-corrected chi connectivity index (χ2v) is 4.52. The summed E-state index contributed by atoms with van der Waals surface area (Å²) in [6.07, 6.45) is 2.62. The Balaban J connectivity index is 2.24. The number of nitrogens with one attached hydrogen (secondary N) is 1. The molecule has 0 saturated heterocycles. The third kappa shape index (κ3) is 3.00. The summed E-state index contributed by atoms with van der Waals surface area (Å²) in [7, 11) is 0. The van der Waals surface area contributed by atoms with Crippen LogP contribution in [0.4, 0.5) is 5.69 Å². The van der Waals surface area contributed by atoms with Crippen LogP contribution in [-0.4, -0.2) is 21.0 Å². The number of rotatable bonds is 2. The summed E-state index contributed by atoms with van der Waals surface area (Å²) >= 11 is 5.61. The van der Waals surface area contributed by atoms with Crippen molar-refractivity contribution in [2.45, 2.75) is 13.8 Å². The smallest absolute Gasteiger partial charge is 0.275 e. The molecule has 2 N–H and O–H groups in total. The molecule has 5 nitrogen and oxygen atoms in total. The van der Waals surface area contributed by atoms with Gasteiger partial charge in [0.2, 0.25) is 0 Å². The van der Waals surface area contributed by atoms with Gasteiger partial charge in [0.15, 0.2) is 0 Å².